The van der Waals surface area contributed by atoms with E-state index >= 15 is 0 Å². The van der Waals surface area contributed by atoms with Crippen LogP contribution in [0.3, 0.4) is 0 Å². The first-order chi connectivity index (χ1) is 7.95. The molecule has 2 N–H and O–H groups in total. The number of hydrogen-bond acceptors (Lipinski definition) is 5. The molecule has 0 aliphatic rings. The third-order valence-corrected chi connectivity index (χ3v) is 3.37. The smallest absolute Gasteiger partial charge is 0.306 e. The summed E-state index contributed by atoms with van der Waals surface area (Å²) < 4.78 is 29.8. The Kier molecular flexibility index (Phi) is 4.41. The Balaban J connectivity index is 2.66. The number of pyridine rings is 1. The van der Waals surface area contributed by atoms with Crippen molar-refractivity contribution in [3.63, 3.8) is 0 Å². The van der Waals surface area contributed by atoms with Crippen molar-refractivity contribution in [2.24, 2.45) is 0 Å². The molecule has 0 aromatic carbocycles. The minimum Gasteiger partial charge on any atom is -0.469 e. The first-order valence-electron chi connectivity index (χ1n) is 4.71. The number of carbonyl (C=O) groups is 1. The number of methoxy groups -OCH3 is 1. The summed E-state index contributed by atoms with van der Waals surface area (Å²) in [6.45, 7) is -0.0614. The van der Waals surface area contributed by atoms with Crippen molar-refractivity contribution in [1.82, 2.24) is 9.71 Å². The highest BCUT2D eigenvalue weighted by atomic mass is 32.2. The van der Waals surface area contributed by atoms with E-state index in [4.69, 9.17) is 0 Å². The number of rotatable bonds is 5. The van der Waals surface area contributed by atoms with Crippen LogP contribution in [0.25, 0.3) is 0 Å². The third-order valence-electron chi connectivity index (χ3n) is 1.91. The number of nitrogens with one attached hydrogen (secondary N) is 2. The molecule has 0 aliphatic carbocycles. The maximum absolute atomic E-state index is 11.6. The van der Waals surface area contributed by atoms with Crippen molar-refractivity contribution < 1.29 is 17.9 Å². The Morgan fingerprint density at radius 1 is 1.47 bits per heavy atom. The second-order valence-corrected chi connectivity index (χ2v) is 4.88. The summed E-state index contributed by atoms with van der Waals surface area (Å²) in [5.74, 6) is -0.505. The quantitative estimate of drug-likeness (QED) is 0.675. The lowest BCUT2D eigenvalue weighted by molar-refractivity contribution is -0.140. The van der Waals surface area contributed by atoms with Gasteiger partial charge in [0.15, 0.2) is 0 Å². The van der Waals surface area contributed by atoms with Gasteiger partial charge in [0.2, 0.25) is 15.6 Å². The SMILES string of the molecule is COC(=O)CCNS(=O)(=O)c1ccc(=O)[nH]c1. The Bertz CT molecular complexity index is 528. The predicted octanol–water partition coefficient (Wildman–Crippen LogP) is -0.784. The van der Waals surface area contributed by atoms with Gasteiger partial charge in [0.1, 0.15) is 0 Å². The highest BCUT2D eigenvalue weighted by molar-refractivity contribution is 7.89. The van der Waals surface area contributed by atoms with Gasteiger partial charge in [-0.05, 0) is 6.07 Å². The van der Waals surface area contributed by atoms with E-state index in [-0.39, 0.29) is 17.9 Å². The second kappa shape index (κ2) is 5.60. The molecule has 7 nitrogen and oxygen atoms in total. The molecule has 0 radical (unpaired) electrons. The van der Waals surface area contributed by atoms with Gasteiger partial charge < -0.3 is 9.72 Å². The van der Waals surface area contributed by atoms with Crippen molar-refractivity contribution >= 4 is 16.0 Å². The topological polar surface area (TPSA) is 105 Å². The standard InChI is InChI=1S/C9H12N2O5S/c1-16-9(13)4-5-11-17(14,15)7-2-3-8(12)10-6-7/h2-3,6,11H,4-5H2,1H3,(H,10,12). The minimum atomic E-state index is -3.71. The molecular weight excluding hydrogens is 248 g/mol. The van der Waals surface area contributed by atoms with Crippen LogP contribution < -0.4 is 10.3 Å². The lowest BCUT2D eigenvalue weighted by atomic mass is 10.4. The summed E-state index contributed by atoms with van der Waals surface area (Å²) in [6, 6.07) is 2.29. The summed E-state index contributed by atoms with van der Waals surface area (Å²) in [5, 5.41) is 0. The van der Waals surface area contributed by atoms with E-state index in [0.29, 0.717) is 0 Å². The number of H-pyrrole nitrogens is 1. The van der Waals surface area contributed by atoms with E-state index < -0.39 is 21.6 Å². The van der Waals surface area contributed by atoms with Crippen LogP contribution in [0.4, 0.5) is 0 Å². The number of aromatic nitrogens is 1. The van der Waals surface area contributed by atoms with Crippen molar-refractivity contribution in [1.29, 1.82) is 0 Å². The van der Waals surface area contributed by atoms with E-state index in [1.54, 1.807) is 0 Å². The molecule has 1 heterocycles. The van der Waals surface area contributed by atoms with Gasteiger partial charge in [-0.3, -0.25) is 9.59 Å². The number of aromatic amines is 1. The van der Waals surface area contributed by atoms with Crippen LogP contribution in [-0.4, -0.2) is 33.0 Å². The number of ether oxygens (including phenoxy) is 1. The van der Waals surface area contributed by atoms with Crippen molar-refractivity contribution in [2.75, 3.05) is 13.7 Å². The van der Waals surface area contributed by atoms with Crippen molar-refractivity contribution in [3.8, 4) is 0 Å². The summed E-state index contributed by atoms with van der Waals surface area (Å²) >= 11 is 0. The number of carbonyl (C=O) groups excluding carboxylic acids is 1. The highest BCUT2D eigenvalue weighted by Gasteiger charge is 2.14. The molecule has 0 amide bonds. The number of hydrogen-bond donors (Lipinski definition) is 2. The Hall–Kier alpha value is -1.67. The van der Waals surface area contributed by atoms with Gasteiger partial charge in [-0.2, -0.15) is 0 Å². The number of esters is 1. The fourth-order valence-corrected chi connectivity index (χ4v) is 2.04. The summed E-state index contributed by atoms with van der Waals surface area (Å²) in [4.78, 5) is 23.7. The monoisotopic (exact) mass is 260 g/mol. The van der Waals surface area contributed by atoms with Crippen molar-refractivity contribution in [2.45, 2.75) is 11.3 Å². The molecule has 0 spiro atoms. The molecule has 0 bridgehead atoms. The van der Waals surface area contributed by atoms with E-state index in [2.05, 4.69) is 14.4 Å². The Morgan fingerprint density at radius 2 is 2.18 bits per heavy atom. The van der Waals surface area contributed by atoms with Crippen LogP contribution >= 0.6 is 0 Å². The fraction of sp³-hybridized carbons (Fsp3) is 0.333. The highest BCUT2D eigenvalue weighted by Crippen LogP contribution is 2.03. The molecule has 1 rings (SSSR count). The largest absolute Gasteiger partial charge is 0.469 e. The Labute approximate surface area is 97.9 Å². The lowest BCUT2D eigenvalue weighted by Crippen LogP contribution is -2.27. The van der Waals surface area contributed by atoms with Crippen LogP contribution in [0, 0.1) is 0 Å². The van der Waals surface area contributed by atoms with Crippen LogP contribution in [0.5, 0.6) is 0 Å². The summed E-state index contributed by atoms with van der Waals surface area (Å²) in [5.41, 5.74) is -0.390. The average molecular weight is 260 g/mol. The first kappa shape index (κ1) is 13.4. The molecule has 0 fully saturated rings. The van der Waals surface area contributed by atoms with Crippen LogP contribution in [0.1, 0.15) is 6.42 Å². The maximum Gasteiger partial charge on any atom is 0.306 e. The van der Waals surface area contributed by atoms with Gasteiger partial charge in [-0.15, -0.1) is 0 Å². The van der Waals surface area contributed by atoms with Crippen LogP contribution in [0.15, 0.2) is 28.0 Å². The van der Waals surface area contributed by atoms with Gasteiger partial charge in [0.05, 0.1) is 18.4 Å². The van der Waals surface area contributed by atoms with E-state index in [1.807, 2.05) is 0 Å². The first-order valence-corrected chi connectivity index (χ1v) is 6.19. The molecule has 17 heavy (non-hydrogen) atoms. The zero-order chi connectivity index (χ0) is 12.9. The molecule has 0 aliphatic heterocycles. The normalized spacial score (nSPS) is 11.1. The molecule has 0 unspecified atom stereocenters. The fourth-order valence-electron chi connectivity index (χ4n) is 1.04. The third kappa shape index (κ3) is 4.00. The van der Waals surface area contributed by atoms with E-state index in [0.717, 1.165) is 12.3 Å². The molecule has 8 heteroatoms. The summed E-state index contributed by atoms with van der Waals surface area (Å²) in [7, 11) is -2.49. The van der Waals surface area contributed by atoms with Crippen LogP contribution in [0.2, 0.25) is 0 Å². The lowest BCUT2D eigenvalue weighted by Gasteiger charge is -2.05. The minimum absolute atomic E-state index is 0.0565. The molecule has 0 atom stereocenters. The number of sulfonamides is 1. The molecular formula is C9H12N2O5S. The molecule has 0 saturated heterocycles. The van der Waals surface area contributed by atoms with E-state index in [9.17, 15) is 18.0 Å². The van der Waals surface area contributed by atoms with Gasteiger partial charge >= 0.3 is 5.97 Å². The molecule has 1 aromatic heterocycles. The van der Waals surface area contributed by atoms with Gasteiger partial charge in [0, 0.05) is 18.8 Å². The van der Waals surface area contributed by atoms with Crippen molar-refractivity contribution in [3.05, 3.63) is 28.7 Å². The zero-order valence-electron chi connectivity index (χ0n) is 9.10. The molecule has 0 saturated carbocycles. The van der Waals surface area contributed by atoms with Crippen LogP contribution in [-0.2, 0) is 19.6 Å². The second-order valence-electron chi connectivity index (χ2n) is 3.11. The molecule has 1 aromatic rings. The summed E-state index contributed by atoms with van der Waals surface area (Å²) in [6.07, 6.45) is 1.03. The van der Waals surface area contributed by atoms with Gasteiger partial charge in [-0.25, -0.2) is 13.1 Å². The average Bonchev–Trinajstić information content (AvgIpc) is 2.29. The molecule has 94 valence electrons. The van der Waals surface area contributed by atoms with Gasteiger partial charge in [-0.1, -0.05) is 0 Å². The van der Waals surface area contributed by atoms with Gasteiger partial charge in [0.25, 0.3) is 0 Å². The Morgan fingerprint density at radius 3 is 2.71 bits per heavy atom. The zero-order valence-corrected chi connectivity index (χ0v) is 9.91. The predicted molar refractivity (Wildman–Crippen MR) is 58.9 cm³/mol. The van der Waals surface area contributed by atoms with E-state index in [1.165, 1.54) is 13.2 Å². The maximum atomic E-state index is 11.6.